The third kappa shape index (κ3) is 10.1. The smallest absolute Gasteiger partial charge is 0.273 e. The van der Waals surface area contributed by atoms with E-state index in [9.17, 15) is 8.42 Å². The molecule has 0 radical (unpaired) electrons. The molecule has 0 spiro atoms. The predicted octanol–water partition coefficient (Wildman–Crippen LogP) is 0.717. The van der Waals surface area contributed by atoms with Gasteiger partial charge < -0.3 is 0 Å². The van der Waals surface area contributed by atoms with Gasteiger partial charge in [0.25, 0.3) is 0 Å². The van der Waals surface area contributed by atoms with Crippen LogP contribution in [0.3, 0.4) is 0 Å². The highest BCUT2D eigenvalue weighted by Crippen LogP contribution is 2.05. The fourth-order valence-electron chi connectivity index (χ4n) is 0.555. The second kappa shape index (κ2) is 3.66. The van der Waals surface area contributed by atoms with Gasteiger partial charge in [-0.2, -0.15) is 13.1 Å². The Labute approximate surface area is 68.9 Å². The molecule has 0 aliphatic carbocycles. The van der Waals surface area contributed by atoms with Gasteiger partial charge in [0, 0.05) is 14.6 Å². The minimum Gasteiger partial charge on any atom is -0.273 e. The molecule has 0 aliphatic rings. The summed E-state index contributed by atoms with van der Waals surface area (Å²) in [7, 11) is -5.17. The molecular weight excluding hydrogens is 182 g/mol. The molecule has 4 nitrogen and oxygen atoms in total. The summed E-state index contributed by atoms with van der Waals surface area (Å²) in [6.45, 7) is 6.75. The van der Waals surface area contributed by atoms with Crippen LogP contribution in [0.4, 0.5) is 0 Å². The maximum absolute atomic E-state index is 10.2. The zero-order valence-electron chi connectivity index (χ0n) is 7.09. The second-order valence-electron chi connectivity index (χ2n) is 3.68. The van der Waals surface area contributed by atoms with Crippen LogP contribution in [-0.2, 0) is 10.3 Å². The van der Waals surface area contributed by atoms with Gasteiger partial charge in [-0.15, -0.1) is 0 Å². The van der Waals surface area contributed by atoms with E-state index in [0.717, 1.165) is 6.04 Å². The zero-order chi connectivity index (χ0) is 9.12. The minimum atomic E-state index is -3.97. The Bertz CT molecular complexity index is 206. The number of rotatable bonds is 4. The molecule has 2 N–H and O–H groups in total. The Morgan fingerprint density at radius 3 is 2.09 bits per heavy atom. The third-order valence-electron chi connectivity index (χ3n) is 1.16. The summed E-state index contributed by atoms with van der Waals surface area (Å²) in [6.07, 6.45) is 0. The molecule has 0 bridgehead atoms. The summed E-state index contributed by atoms with van der Waals surface area (Å²) in [5.41, 5.74) is 0. The maximum atomic E-state index is 10.2. The Balaban J connectivity index is 3.61. The van der Waals surface area contributed by atoms with Gasteiger partial charge >= 0.3 is 10.3 Å². The molecule has 0 saturated heterocycles. The van der Waals surface area contributed by atoms with E-state index in [1.54, 1.807) is 0 Å². The van der Waals surface area contributed by atoms with Crippen molar-refractivity contribution < 1.29 is 13.0 Å². The summed E-state index contributed by atoms with van der Waals surface area (Å²) in [6, 6.07) is 0.840. The third-order valence-corrected chi connectivity index (χ3v) is 3.48. The van der Waals surface area contributed by atoms with E-state index in [2.05, 4.69) is 19.6 Å². The molecule has 0 amide bonds. The normalized spacial score (nSPS) is 13.5. The first-order valence-electron chi connectivity index (χ1n) is 3.43. The second-order valence-corrected chi connectivity index (χ2v) is 10.5. The molecule has 0 rings (SSSR count). The molecule has 0 aromatic rings. The monoisotopic (exact) mass is 197 g/mol. The standard InChI is InChI=1S/C5H15NO3SSi/c1-11(2,3)5-4-6-10(7,8)9/h6H,4-5H2,1-3H3,(H,7,8,9). The lowest BCUT2D eigenvalue weighted by atomic mass is 10.8. The van der Waals surface area contributed by atoms with Crippen LogP contribution in [0.1, 0.15) is 0 Å². The average Bonchev–Trinajstić information content (AvgIpc) is 1.55. The Morgan fingerprint density at radius 2 is 1.82 bits per heavy atom. The van der Waals surface area contributed by atoms with Crippen LogP contribution >= 0.6 is 0 Å². The van der Waals surface area contributed by atoms with Crippen molar-refractivity contribution in [3.05, 3.63) is 0 Å². The molecule has 0 unspecified atom stereocenters. The first kappa shape index (κ1) is 11.1. The quantitative estimate of drug-likeness (QED) is 0.515. The Morgan fingerprint density at radius 1 is 1.36 bits per heavy atom. The van der Waals surface area contributed by atoms with Crippen molar-refractivity contribution in [3.63, 3.8) is 0 Å². The van der Waals surface area contributed by atoms with Crippen molar-refractivity contribution in [3.8, 4) is 0 Å². The number of hydrogen-bond acceptors (Lipinski definition) is 2. The molecule has 0 atom stereocenters. The van der Waals surface area contributed by atoms with E-state index < -0.39 is 18.4 Å². The van der Waals surface area contributed by atoms with Crippen molar-refractivity contribution in [2.75, 3.05) is 6.54 Å². The van der Waals surface area contributed by atoms with Crippen LogP contribution in [0.2, 0.25) is 25.7 Å². The van der Waals surface area contributed by atoms with Gasteiger partial charge in [-0.1, -0.05) is 19.6 Å². The lowest BCUT2D eigenvalue weighted by Crippen LogP contribution is -2.30. The van der Waals surface area contributed by atoms with E-state index >= 15 is 0 Å². The topological polar surface area (TPSA) is 66.4 Å². The van der Waals surface area contributed by atoms with Crippen LogP contribution in [0.5, 0.6) is 0 Å². The molecule has 6 heteroatoms. The summed E-state index contributed by atoms with van der Waals surface area (Å²) in [5.74, 6) is 0. The van der Waals surface area contributed by atoms with Crippen LogP contribution in [-0.4, -0.2) is 27.6 Å². The van der Waals surface area contributed by atoms with Gasteiger partial charge in [-0.05, 0) is 6.04 Å². The highest BCUT2D eigenvalue weighted by atomic mass is 32.2. The number of hydrogen-bond donors (Lipinski definition) is 2. The molecule has 0 saturated carbocycles. The Kier molecular flexibility index (Phi) is 3.69. The molecule has 68 valence electrons. The van der Waals surface area contributed by atoms with Gasteiger partial charge in [-0.25, -0.2) is 0 Å². The van der Waals surface area contributed by atoms with Crippen molar-refractivity contribution in [2.45, 2.75) is 25.7 Å². The Hall–Kier alpha value is 0.0869. The van der Waals surface area contributed by atoms with Crippen LogP contribution in [0.25, 0.3) is 0 Å². The van der Waals surface area contributed by atoms with Crippen molar-refractivity contribution in [2.24, 2.45) is 0 Å². The van der Waals surface area contributed by atoms with Crippen molar-refractivity contribution in [1.82, 2.24) is 4.72 Å². The molecule has 0 aromatic heterocycles. The fraction of sp³-hybridized carbons (Fsp3) is 1.00. The molecule has 0 heterocycles. The highest BCUT2D eigenvalue weighted by molar-refractivity contribution is 7.83. The summed E-state index contributed by atoms with van der Waals surface area (Å²) in [4.78, 5) is 0. The molecular formula is C5H15NO3SSi. The van der Waals surface area contributed by atoms with Crippen LogP contribution in [0.15, 0.2) is 0 Å². The van der Waals surface area contributed by atoms with Gasteiger partial charge in [0.2, 0.25) is 0 Å². The lowest BCUT2D eigenvalue weighted by molar-refractivity contribution is 0.469. The highest BCUT2D eigenvalue weighted by Gasteiger charge is 2.13. The van der Waals surface area contributed by atoms with E-state index in [1.807, 2.05) is 4.72 Å². The number of nitrogens with one attached hydrogen (secondary N) is 1. The molecule has 11 heavy (non-hydrogen) atoms. The first-order valence-corrected chi connectivity index (χ1v) is 8.57. The summed E-state index contributed by atoms with van der Waals surface area (Å²) < 4.78 is 30.7. The molecule has 0 aromatic carbocycles. The average molecular weight is 197 g/mol. The molecule has 0 aliphatic heterocycles. The summed E-state index contributed by atoms with van der Waals surface area (Å²) >= 11 is 0. The van der Waals surface area contributed by atoms with Gasteiger partial charge in [0.05, 0.1) is 0 Å². The van der Waals surface area contributed by atoms with E-state index in [1.165, 1.54) is 0 Å². The van der Waals surface area contributed by atoms with Gasteiger partial charge in [0.1, 0.15) is 0 Å². The maximum Gasteiger partial charge on any atom is 0.333 e. The van der Waals surface area contributed by atoms with Crippen molar-refractivity contribution >= 4 is 18.4 Å². The zero-order valence-corrected chi connectivity index (χ0v) is 8.90. The van der Waals surface area contributed by atoms with E-state index in [-0.39, 0.29) is 0 Å². The SMILES string of the molecule is C[Si](C)(C)CCNS(=O)(=O)O. The molecule has 0 fully saturated rings. The minimum absolute atomic E-state index is 0.342. The van der Waals surface area contributed by atoms with Gasteiger partial charge in [0.15, 0.2) is 0 Å². The fourth-order valence-corrected chi connectivity index (χ4v) is 1.97. The van der Waals surface area contributed by atoms with Crippen molar-refractivity contribution in [1.29, 1.82) is 0 Å². The largest absolute Gasteiger partial charge is 0.333 e. The predicted molar refractivity (Wildman–Crippen MR) is 47.7 cm³/mol. The summed E-state index contributed by atoms with van der Waals surface area (Å²) in [5, 5.41) is 0. The van der Waals surface area contributed by atoms with Gasteiger partial charge in [-0.3, -0.25) is 4.55 Å². The van der Waals surface area contributed by atoms with Crippen LogP contribution in [0, 0.1) is 0 Å². The van der Waals surface area contributed by atoms with Crippen LogP contribution < -0.4 is 4.72 Å². The first-order chi connectivity index (χ1) is 4.71. The van der Waals surface area contributed by atoms with E-state index in [0.29, 0.717) is 6.54 Å². The van der Waals surface area contributed by atoms with E-state index in [4.69, 9.17) is 4.55 Å². The lowest BCUT2D eigenvalue weighted by Gasteiger charge is -2.14.